The summed E-state index contributed by atoms with van der Waals surface area (Å²) in [7, 11) is 2.02. The van der Waals surface area contributed by atoms with Gasteiger partial charge in [0.2, 0.25) is 0 Å². The molecule has 0 aromatic carbocycles. The zero-order valence-electron chi connectivity index (χ0n) is 26.3. The molecule has 2 aliphatic rings. The van der Waals surface area contributed by atoms with Crippen molar-refractivity contribution in [1.29, 1.82) is 0 Å². The summed E-state index contributed by atoms with van der Waals surface area (Å²) in [5.74, 6) is 2.62. The lowest BCUT2D eigenvalue weighted by Crippen LogP contribution is -2.40. The van der Waals surface area contributed by atoms with Crippen LogP contribution in [-0.2, 0) is 11.8 Å². The molecular weight excluding hydrogens is 458 g/mol. The highest BCUT2D eigenvalue weighted by atomic mass is 16.5. The molecule has 6 nitrogen and oxygen atoms in total. The molecule has 0 bridgehead atoms. The number of hydrogen-bond acceptors (Lipinski definition) is 4. The number of imidazole rings is 1. The van der Waals surface area contributed by atoms with Gasteiger partial charge in [-0.2, -0.15) is 0 Å². The van der Waals surface area contributed by atoms with Crippen molar-refractivity contribution in [3.8, 4) is 0 Å². The van der Waals surface area contributed by atoms with E-state index in [2.05, 4.69) is 108 Å². The van der Waals surface area contributed by atoms with E-state index in [1.165, 1.54) is 30.9 Å². The molecule has 6 heteroatoms. The molecule has 0 unspecified atom stereocenters. The van der Waals surface area contributed by atoms with Crippen molar-refractivity contribution >= 4 is 0 Å². The van der Waals surface area contributed by atoms with Gasteiger partial charge < -0.3 is 18.8 Å². The Balaban J connectivity index is 0.000000247. The fourth-order valence-electron chi connectivity index (χ4n) is 4.96. The van der Waals surface area contributed by atoms with Gasteiger partial charge in [0.05, 0.1) is 13.2 Å². The van der Waals surface area contributed by atoms with E-state index in [-0.39, 0.29) is 0 Å². The number of morpholine rings is 1. The Hall–Kier alpha value is -1.63. The highest BCUT2D eigenvalue weighted by Gasteiger charge is 2.19. The fraction of sp³-hybridized carbons (Fsp3) is 0.774. The van der Waals surface area contributed by atoms with E-state index >= 15 is 0 Å². The summed E-state index contributed by atoms with van der Waals surface area (Å²) in [6, 6.07) is 6.36. The van der Waals surface area contributed by atoms with Crippen molar-refractivity contribution < 1.29 is 4.74 Å². The van der Waals surface area contributed by atoms with Crippen LogP contribution in [0.25, 0.3) is 0 Å². The maximum absolute atomic E-state index is 5.21. The third-order valence-corrected chi connectivity index (χ3v) is 7.18. The Morgan fingerprint density at radius 1 is 0.811 bits per heavy atom. The van der Waals surface area contributed by atoms with Gasteiger partial charge in [-0.25, -0.2) is 4.98 Å². The van der Waals surface area contributed by atoms with Crippen LogP contribution in [0, 0.1) is 19.8 Å². The van der Waals surface area contributed by atoms with E-state index in [1.54, 1.807) is 0 Å². The smallest absolute Gasteiger partial charge is 0.110 e. The summed E-state index contributed by atoms with van der Waals surface area (Å²) in [4.78, 5) is 9.16. The SMILES string of the molecule is CC(C)N1CCOCC1.CC(C)N1CC[C@H](C)C1.CC(C)c1nccn1C.Cc1ccc(C)n1C(C)C. The van der Waals surface area contributed by atoms with Crippen LogP contribution in [-0.4, -0.2) is 75.4 Å². The Morgan fingerprint density at radius 2 is 1.35 bits per heavy atom. The molecule has 1 atom stereocenters. The topological polar surface area (TPSA) is 38.5 Å². The van der Waals surface area contributed by atoms with Crippen molar-refractivity contribution in [2.75, 3.05) is 39.4 Å². The van der Waals surface area contributed by atoms with Gasteiger partial charge >= 0.3 is 0 Å². The van der Waals surface area contributed by atoms with Crippen molar-refractivity contribution in [1.82, 2.24) is 23.9 Å². The summed E-state index contributed by atoms with van der Waals surface area (Å²) < 4.78 is 9.59. The van der Waals surface area contributed by atoms with Crippen molar-refractivity contribution in [2.45, 2.75) is 107 Å². The molecule has 2 aromatic heterocycles. The van der Waals surface area contributed by atoms with Crippen LogP contribution >= 0.6 is 0 Å². The predicted molar refractivity (Wildman–Crippen MR) is 160 cm³/mol. The Labute approximate surface area is 229 Å². The normalized spacial score (nSPS) is 18.4. The zero-order valence-corrected chi connectivity index (χ0v) is 26.3. The second-order valence-electron chi connectivity index (χ2n) is 11.9. The molecule has 4 rings (SSSR count). The van der Waals surface area contributed by atoms with Gasteiger partial charge in [-0.05, 0) is 86.4 Å². The van der Waals surface area contributed by atoms with Gasteiger partial charge in [0.15, 0.2) is 0 Å². The highest BCUT2D eigenvalue weighted by Crippen LogP contribution is 2.17. The molecule has 2 fully saturated rings. The summed E-state index contributed by atoms with van der Waals surface area (Å²) >= 11 is 0. The number of aryl methyl sites for hydroxylation is 3. The Bertz CT molecular complexity index is 817. The number of aromatic nitrogens is 3. The maximum atomic E-state index is 5.21. The molecule has 37 heavy (non-hydrogen) atoms. The third-order valence-electron chi connectivity index (χ3n) is 7.18. The van der Waals surface area contributed by atoms with Gasteiger partial charge in [-0.15, -0.1) is 0 Å². The van der Waals surface area contributed by atoms with Crippen molar-refractivity contribution in [2.24, 2.45) is 13.0 Å². The minimum absolute atomic E-state index is 0.532. The molecule has 0 N–H and O–H groups in total. The second kappa shape index (κ2) is 17.1. The molecular formula is C31H59N5O. The zero-order chi connectivity index (χ0) is 28.1. The minimum Gasteiger partial charge on any atom is -0.379 e. The van der Waals surface area contributed by atoms with E-state index in [9.17, 15) is 0 Å². The number of rotatable bonds is 4. The van der Waals surface area contributed by atoms with Crippen LogP contribution in [0.4, 0.5) is 0 Å². The molecule has 4 heterocycles. The molecule has 0 amide bonds. The van der Waals surface area contributed by atoms with E-state index in [1.807, 2.05) is 24.0 Å². The maximum Gasteiger partial charge on any atom is 0.110 e. The largest absolute Gasteiger partial charge is 0.379 e. The summed E-state index contributed by atoms with van der Waals surface area (Å²) in [5.41, 5.74) is 2.71. The van der Waals surface area contributed by atoms with Gasteiger partial charge in [-0.1, -0.05) is 20.8 Å². The molecule has 0 saturated carbocycles. The number of likely N-dealkylation sites (tertiary alicyclic amines) is 1. The van der Waals surface area contributed by atoms with Crippen molar-refractivity contribution in [3.63, 3.8) is 0 Å². The van der Waals surface area contributed by atoms with Crippen LogP contribution in [0.5, 0.6) is 0 Å². The molecule has 0 radical (unpaired) electrons. The lowest BCUT2D eigenvalue weighted by molar-refractivity contribution is 0.0238. The molecule has 2 aliphatic heterocycles. The van der Waals surface area contributed by atoms with Gasteiger partial charge in [-0.3, -0.25) is 4.90 Å². The van der Waals surface area contributed by atoms with Crippen LogP contribution < -0.4 is 0 Å². The average molecular weight is 518 g/mol. The van der Waals surface area contributed by atoms with E-state index in [0.717, 1.165) is 44.1 Å². The number of hydrogen-bond donors (Lipinski definition) is 0. The van der Waals surface area contributed by atoms with Gasteiger partial charge in [0, 0.05) is 74.5 Å². The summed E-state index contributed by atoms with van der Waals surface area (Å²) in [5, 5.41) is 0. The van der Waals surface area contributed by atoms with Gasteiger partial charge in [0.1, 0.15) is 5.82 Å². The second-order valence-corrected chi connectivity index (χ2v) is 11.9. The first-order valence-electron chi connectivity index (χ1n) is 14.5. The first kappa shape index (κ1) is 33.4. The van der Waals surface area contributed by atoms with Crippen LogP contribution in [0.15, 0.2) is 24.5 Å². The quantitative estimate of drug-likeness (QED) is 0.453. The van der Waals surface area contributed by atoms with Crippen LogP contribution in [0.3, 0.4) is 0 Å². The lowest BCUT2D eigenvalue weighted by Gasteiger charge is -2.29. The lowest BCUT2D eigenvalue weighted by atomic mass is 10.2. The van der Waals surface area contributed by atoms with E-state index in [0.29, 0.717) is 18.0 Å². The standard InChI is InChI=1S/C9H15N.C8H17N.C7H12N2.C7H15NO/c1-7(2)10-8(3)5-6-9(10)4;1-7(2)9-5-4-8(3)6-9;1-6(2)7-8-4-5-9(7)3;1-7(2)8-3-5-9-6-4-8/h5-7H,1-4H3;7-8H,4-6H2,1-3H3;4-6H,1-3H3;7H,3-6H2,1-2H3/t;8-;;/m.0../s1. The van der Waals surface area contributed by atoms with E-state index < -0.39 is 0 Å². The Morgan fingerprint density at radius 3 is 1.59 bits per heavy atom. The predicted octanol–water partition coefficient (Wildman–Crippen LogP) is 6.69. The molecule has 2 aromatic rings. The number of nitrogens with zero attached hydrogens (tertiary/aromatic N) is 5. The molecule has 2 saturated heterocycles. The highest BCUT2D eigenvalue weighted by molar-refractivity contribution is 5.14. The van der Waals surface area contributed by atoms with Crippen LogP contribution in [0.1, 0.15) is 97.9 Å². The van der Waals surface area contributed by atoms with Crippen molar-refractivity contribution in [3.05, 3.63) is 41.7 Å². The van der Waals surface area contributed by atoms with Gasteiger partial charge in [0.25, 0.3) is 0 Å². The average Bonchev–Trinajstić information content (AvgIpc) is 3.55. The minimum atomic E-state index is 0.532. The summed E-state index contributed by atoms with van der Waals surface area (Å²) in [6.07, 6.45) is 5.20. The Kier molecular flexibility index (Phi) is 15.4. The molecule has 214 valence electrons. The molecule has 0 aliphatic carbocycles. The van der Waals surface area contributed by atoms with E-state index in [4.69, 9.17) is 4.74 Å². The fourth-order valence-corrected chi connectivity index (χ4v) is 4.96. The first-order valence-corrected chi connectivity index (χ1v) is 14.5. The first-order chi connectivity index (χ1) is 17.3. The van der Waals surface area contributed by atoms with Crippen LogP contribution in [0.2, 0.25) is 0 Å². The summed E-state index contributed by atoms with van der Waals surface area (Å²) in [6.45, 7) is 31.0. The third kappa shape index (κ3) is 12.2. The number of ether oxygens (including phenoxy) is 1. The monoisotopic (exact) mass is 517 g/mol. The molecule has 0 spiro atoms.